The number of urea groups is 1. The SMILES string of the molecule is COc1ccc(CNC(=O)N2CC(C)(C)O[C@@H]3CCC[C@H]32)cn1. The molecule has 0 aromatic carbocycles. The predicted molar refractivity (Wildman–Crippen MR) is 86.3 cm³/mol. The van der Waals surface area contributed by atoms with E-state index in [9.17, 15) is 4.79 Å². The van der Waals surface area contributed by atoms with Crippen LogP contribution in [0.2, 0.25) is 0 Å². The number of carbonyl (C=O) groups is 1. The predicted octanol–water partition coefficient (Wildman–Crippen LogP) is 2.33. The Hall–Kier alpha value is -1.82. The van der Waals surface area contributed by atoms with Gasteiger partial charge in [-0.1, -0.05) is 6.07 Å². The molecule has 1 aliphatic heterocycles. The minimum absolute atomic E-state index is 0.0194. The summed E-state index contributed by atoms with van der Waals surface area (Å²) in [5, 5.41) is 3.01. The molecule has 0 unspecified atom stereocenters. The van der Waals surface area contributed by atoms with Gasteiger partial charge in [-0.3, -0.25) is 0 Å². The van der Waals surface area contributed by atoms with Crippen molar-refractivity contribution in [3.8, 4) is 5.88 Å². The molecule has 3 rings (SSSR count). The molecule has 2 amide bonds. The summed E-state index contributed by atoms with van der Waals surface area (Å²) in [6.07, 6.45) is 5.09. The molecular formula is C17H25N3O3. The summed E-state index contributed by atoms with van der Waals surface area (Å²) in [6, 6.07) is 3.89. The Morgan fingerprint density at radius 2 is 2.30 bits per heavy atom. The van der Waals surface area contributed by atoms with E-state index in [1.807, 2.05) is 11.0 Å². The van der Waals surface area contributed by atoms with E-state index < -0.39 is 0 Å². The fourth-order valence-electron chi connectivity index (χ4n) is 3.51. The first-order valence-electron chi connectivity index (χ1n) is 8.20. The average molecular weight is 319 g/mol. The van der Waals surface area contributed by atoms with Gasteiger partial charge in [-0.2, -0.15) is 0 Å². The lowest BCUT2D eigenvalue weighted by Crippen LogP contribution is -2.60. The van der Waals surface area contributed by atoms with Crippen molar-refractivity contribution >= 4 is 6.03 Å². The van der Waals surface area contributed by atoms with E-state index in [1.165, 1.54) is 0 Å². The topological polar surface area (TPSA) is 63.7 Å². The highest BCUT2D eigenvalue weighted by Crippen LogP contribution is 2.35. The molecule has 0 radical (unpaired) electrons. The molecule has 126 valence electrons. The fraction of sp³-hybridized carbons (Fsp3) is 0.647. The van der Waals surface area contributed by atoms with Crippen LogP contribution in [0.1, 0.15) is 38.7 Å². The number of methoxy groups -OCH3 is 1. The van der Waals surface area contributed by atoms with Gasteiger partial charge in [0.05, 0.1) is 31.4 Å². The van der Waals surface area contributed by atoms with Crippen LogP contribution in [0.25, 0.3) is 0 Å². The van der Waals surface area contributed by atoms with Crippen LogP contribution >= 0.6 is 0 Å². The van der Waals surface area contributed by atoms with E-state index in [2.05, 4.69) is 24.1 Å². The minimum atomic E-state index is -0.287. The van der Waals surface area contributed by atoms with Gasteiger partial charge in [-0.25, -0.2) is 9.78 Å². The van der Waals surface area contributed by atoms with Crippen LogP contribution in [0.5, 0.6) is 5.88 Å². The maximum Gasteiger partial charge on any atom is 0.318 e. The van der Waals surface area contributed by atoms with Crippen LogP contribution in [0.4, 0.5) is 4.79 Å². The second-order valence-electron chi connectivity index (χ2n) is 6.91. The average Bonchev–Trinajstić information content (AvgIpc) is 2.99. The van der Waals surface area contributed by atoms with E-state index in [-0.39, 0.29) is 23.8 Å². The Kier molecular flexibility index (Phi) is 4.43. The highest BCUT2D eigenvalue weighted by molar-refractivity contribution is 5.75. The second kappa shape index (κ2) is 6.35. The molecule has 2 heterocycles. The van der Waals surface area contributed by atoms with Crippen molar-refractivity contribution in [2.75, 3.05) is 13.7 Å². The third kappa shape index (κ3) is 3.58. The normalized spacial score (nSPS) is 25.8. The van der Waals surface area contributed by atoms with Crippen molar-refractivity contribution in [2.45, 2.75) is 57.4 Å². The Morgan fingerprint density at radius 1 is 1.48 bits per heavy atom. The molecule has 1 saturated carbocycles. The molecule has 1 N–H and O–H groups in total. The smallest absolute Gasteiger partial charge is 0.318 e. The number of pyridine rings is 1. The minimum Gasteiger partial charge on any atom is -0.481 e. The lowest BCUT2D eigenvalue weighted by molar-refractivity contribution is -0.140. The first-order chi connectivity index (χ1) is 11.0. The van der Waals surface area contributed by atoms with Gasteiger partial charge in [0.2, 0.25) is 5.88 Å². The van der Waals surface area contributed by atoms with Gasteiger partial charge in [0.15, 0.2) is 0 Å². The number of aromatic nitrogens is 1. The van der Waals surface area contributed by atoms with E-state index in [0.29, 0.717) is 19.0 Å². The van der Waals surface area contributed by atoms with Crippen molar-refractivity contribution < 1.29 is 14.3 Å². The quantitative estimate of drug-likeness (QED) is 0.929. The highest BCUT2D eigenvalue weighted by Gasteiger charge is 2.44. The highest BCUT2D eigenvalue weighted by atomic mass is 16.5. The summed E-state index contributed by atoms with van der Waals surface area (Å²) in [6.45, 7) is 5.19. The molecule has 6 nitrogen and oxygen atoms in total. The van der Waals surface area contributed by atoms with Gasteiger partial charge >= 0.3 is 6.03 Å². The van der Waals surface area contributed by atoms with E-state index in [1.54, 1.807) is 19.4 Å². The lowest BCUT2D eigenvalue weighted by atomic mass is 10.0. The van der Waals surface area contributed by atoms with Crippen molar-refractivity contribution in [3.63, 3.8) is 0 Å². The number of hydrogen-bond donors (Lipinski definition) is 1. The zero-order valence-electron chi connectivity index (χ0n) is 14.0. The van der Waals surface area contributed by atoms with Crippen molar-refractivity contribution in [2.24, 2.45) is 0 Å². The Bertz CT molecular complexity index is 559. The van der Waals surface area contributed by atoms with Gasteiger partial charge in [-0.15, -0.1) is 0 Å². The number of morpholine rings is 1. The summed E-state index contributed by atoms with van der Waals surface area (Å²) in [5.74, 6) is 0.573. The van der Waals surface area contributed by atoms with Crippen LogP contribution in [-0.4, -0.2) is 47.3 Å². The molecule has 0 bridgehead atoms. The maximum atomic E-state index is 12.6. The lowest BCUT2D eigenvalue weighted by Gasteiger charge is -2.45. The number of amides is 2. The standard InChI is InChI=1S/C17H25N3O3/c1-17(2)11-20(13-5-4-6-14(13)23-17)16(21)19-10-12-7-8-15(22-3)18-9-12/h7-9,13-14H,4-6,10-11H2,1-3H3,(H,19,21)/t13-,14-/m1/s1. The Labute approximate surface area is 137 Å². The molecule has 1 aromatic rings. The van der Waals surface area contributed by atoms with Gasteiger partial charge in [0.25, 0.3) is 0 Å². The van der Waals surface area contributed by atoms with Gasteiger partial charge in [0, 0.05) is 18.8 Å². The van der Waals surface area contributed by atoms with Crippen LogP contribution in [-0.2, 0) is 11.3 Å². The molecule has 2 fully saturated rings. The van der Waals surface area contributed by atoms with Crippen LogP contribution in [0.15, 0.2) is 18.3 Å². The molecule has 23 heavy (non-hydrogen) atoms. The summed E-state index contributed by atoms with van der Waals surface area (Å²) in [4.78, 5) is 18.8. The molecule has 1 aromatic heterocycles. The molecule has 6 heteroatoms. The maximum absolute atomic E-state index is 12.6. The first kappa shape index (κ1) is 16.1. The van der Waals surface area contributed by atoms with Gasteiger partial charge < -0.3 is 19.7 Å². The number of fused-ring (bicyclic) bond motifs is 1. The van der Waals surface area contributed by atoms with Crippen LogP contribution < -0.4 is 10.1 Å². The van der Waals surface area contributed by atoms with Gasteiger partial charge in [0.1, 0.15) is 0 Å². The molecular weight excluding hydrogens is 294 g/mol. The summed E-state index contributed by atoms with van der Waals surface area (Å²) in [5.41, 5.74) is 0.666. The largest absolute Gasteiger partial charge is 0.481 e. The van der Waals surface area contributed by atoms with Crippen molar-refractivity contribution in [3.05, 3.63) is 23.9 Å². The van der Waals surface area contributed by atoms with Crippen molar-refractivity contribution in [1.82, 2.24) is 15.2 Å². The number of ether oxygens (including phenoxy) is 2. The molecule has 1 aliphatic carbocycles. The number of rotatable bonds is 3. The van der Waals surface area contributed by atoms with E-state index in [4.69, 9.17) is 9.47 Å². The first-order valence-corrected chi connectivity index (χ1v) is 8.20. The number of hydrogen-bond acceptors (Lipinski definition) is 4. The third-order valence-corrected chi connectivity index (χ3v) is 4.55. The summed E-state index contributed by atoms with van der Waals surface area (Å²) >= 11 is 0. The summed E-state index contributed by atoms with van der Waals surface area (Å²) < 4.78 is 11.2. The summed E-state index contributed by atoms with van der Waals surface area (Å²) in [7, 11) is 1.59. The Morgan fingerprint density at radius 3 is 3.00 bits per heavy atom. The van der Waals surface area contributed by atoms with Gasteiger partial charge in [-0.05, 0) is 38.7 Å². The van der Waals surface area contributed by atoms with Crippen LogP contribution in [0.3, 0.4) is 0 Å². The van der Waals surface area contributed by atoms with E-state index in [0.717, 1.165) is 24.8 Å². The van der Waals surface area contributed by atoms with Crippen molar-refractivity contribution in [1.29, 1.82) is 0 Å². The zero-order valence-corrected chi connectivity index (χ0v) is 14.0. The molecule has 1 saturated heterocycles. The molecule has 2 aliphatic rings. The zero-order chi connectivity index (χ0) is 16.4. The third-order valence-electron chi connectivity index (χ3n) is 4.55. The van der Waals surface area contributed by atoms with E-state index >= 15 is 0 Å². The number of carbonyl (C=O) groups excluding carboxylic acids is 1. The fourth-order valence-corrected chi connectivity index (χ4v) is 3.51. The van der Waals surface area contributed by atoms with Crippen LogP contribution in [0, 0.1) is 0 Å². The second-order valence-corrected chi connectivity index (χ2v) is 6.91. The molecule has 0 spiro atoms. The Balaban J connectivity index is 1.62. The molecule has 2 atom stereocenters. The number of nitrogens with zero attached hydrogens (tertiary/aromatic N) is 2. The number of nitrogens with one attached hydrogen (secondary N) is 1. The monoisotopic (exact) mass is 319 g/mol.